The number of carbonyl (C=O) groups is 2. The van der Waals surface area contributed by atoms with Gasteiger partial charge in [0.1, 0.15) is 0 Å². The molecule has 1 saturated heterocycles. The molecule has 112 valence electrons. The maximum Gasteiger partial charge on any atom is 0.253 e. The molecule has 1 N–H and O–H groups in total. The highest BCUT2D eigenvalue weighted by Crippen LogP contribution is 2.25. The third-order valence-corrected chi connectivity index (χ3v) is 4.67. The standard InChI is InChI=1S/C17H22N2O2/c1-18-16(20)9-12-7-8-19(11-12)17(21)15-6-5-13-3-2-4-14(13)10-15/h5-6,10,12H,2-4,7-9,11H2,1H3,(H,18,20)/t12-/m1/s1. The minimum absolute atomic E-state index is 0.0619. The lowest BCUT2D eigenvalue weighted by molar-refractivity contribution is -0.121. The fourth-order valence-electron chi connectivity index (χ4n) is 3.44. The molecule has 1 aromatic rings. The van der Waals surface area contributed by atoms with E-state index >= 15 is 0 Å². The molecule has 1 aromatic carbocycles. The van der Waals surface area contributed by atoms with Gasteiger partial charge in [0.2, 0.25) is 5.91 Å². The molecule has 1 fully saturated rings. The van der Waals surface area contributed by atoms with Crippen molar-refractivity contribution in [3.63, 3.8) is 0 Å². The number of rotatable bonds is 3. The Bertz CT molecular complexity index is 568. The Morgan fingerprint density at radius 1 is 1.29 bits per heavy atom. The smallest absolute Gasteiger partial charge is 0.253 e. The highest BCUT2D eigenvalue weighted by molar-refractivity contribution is 5.94. The quantitative estimate of drug-likeness (QED) is 0.920. The molecule has 3 rings (SSSR count). The largest absolute Gasteiger partial charge is 0.359 e. The van der Waals surface area contributed by atoms with Crippen molar-refractivity contribution in [3.8, 4) is 0 Å². The Morgan fingerprint density at radius 2 is 2.10 bits per heavy atom. The first-order chi connectivity index (χ1) is 10.2. The van der Waals surface area contributed by atoms with Crippen molar-refractivity contribution in [1.29, 1.82) is 0 Å². The van der Waals surface area contributed by atoms with Crippen LogP contribution in [0.3, 0.4) is 0 Å². The number of hydrogen-bond donors (Lipinski definition) is 1. The summed E-state index contributed by atoms with van der Waals surface area (Å²) >= 11 is 0. The van der Waals surface area contributed by atoms with Crippen molar-refractivity contribution >= 4 is 11.8 Å². The predicted octanol–water partition coefficient (Wildman–Crippen LogP) is 1.77. The normalized spacial score (nSPS) is 20.4. The minimum Gasteiger partial charge on any atom is -0.359 e. The highest BCUT2D eigenvalue weighted by atomic mass is 16.2. The summed E-state index contributed by atoms with van der Waals surface area (Å²) in [6.07, 6.45) is 4.87. The second-order valence-corrected chi connectivity index (χ2v) is 6.12. The number of nitrogens with zero attached hydrogens (tertiary/aromatic N) is 1. The second kappa shape index (κ2) is 5.88. The monoisotopic (exact) mass is 286 g/mol. The average molecular weight is 286 g/mol. The number of fused-ring (bicyclic) bond motifs is 1. The zero-order valence-electron chi connectivity index (χ0n) is 12.5. The Hall–Kier alpha value is -1.84. The van der Waals surface area contributed by atoms with E-state index in [9.17, 15) is 9.59 Å². The summed E-state index contributed by atoms with van der Waals surface area (Å²) in [5, 5.41) is 2.65. The zero-order valence-corrected chi connectivity index (χ0v) is 12.5. The summed E-state index contributed by atoms with van der Waals surface area (Å²) in [4.78, 5) is 25.9. The van der Waals surface area contributed by atoms with Crippen LogP contribution in [0.25, 0.3) is 0 Å². The number of carbonyl (C=O) groups excluding carboxylic acids is 2. The minimum atomic E-state index is 0.0619. The molecule has 0 unspecified atom stereocenters. The Morgan fingerprint density at radius 3 is 2.90 bits per heavy atom. The molecule has 0 aromatic heterocycles. The van der Waals surface area contributed by atoms with Crippen molar-refractivity contribution in [2.75, 3.05) is 20.1 Å². The molecule has 4 nitrogen and oxygen atoms in total. The number of likely N-dealkylation sites (tertiary alicyclic amines) is 1. The van der Waals surface area contributed by atoms with Crippen LogP contribution >= 0.6 is 0 Å². The van der Waals surface area contributed by atoms with Gasteiger partial charge in [-0.15, -0.1) is 0 Å². The molecule has 0 saturated carbocycles. The van der Waals surface area contributed by atoms with Crippen LogP contribution in [0.4, 0.5) is 0 Å². The number of aryl methyl sites for hydroxylation is 2. The summed E-state index contributed by atoms with van der Waals surface area (Å²) in [6.45, 7) is 1.46. The van der Waals surface area contributed by atoms with E-state index in [1.165, 1.54) is 17.5 Å². The van der Waals surface area contributed by atoms with E-state index in [0.29, 0.717) is 18.9 Å². The molecule has 0 bridgehead atoms. The summed E-state index contributed by atoms with van der Waals surface area (Å²) < 4.78 is 0. The first-order valence-corrected chi connectivity index (χ1v) is 7.79. The average Bonchev–Trinajstić information content (AvgIpc) is 3.14. The van der Waals surface area contributed by atoms with E-state index in [1.807, 2.05) is 11.0 Å². The molecule has 0 radical (unpaired) electrons. The van der Waals surface area contributed by atoms with Gasteiger partial charge in [-0.25, -0.2) is 0 Å². The number of benzene rings is 1. The molecule has 0 spiro atoms. The topological polar surface area (TPSA) is 49.4 Å². The molecule has 1 heterocycles. The lowest BCUT2D eigenvalue weighted by Gasteiger charge is -2.17. The Balaban J connectivity index is 1.65. The number of nitrogens with one attached hydrogen (secondary N) is 1. The lowest BCUT2D eigenvalue weighted by atomic mass is 10.0. The van der Waals surface area contributed by atoms with E-state index in [4.69, 9.17) is 0 Å². The van der Waals surface area contributed by atoms with Crippen molar-refractivity contribution in [2.24, 2.45) is 5.92 Å². The molecule has 1 atom stereocenters. The van der Waals surface area contributed by atoms with Crippen LogP contribution in [0.1, 0.15) is 40.7 Å². The molecular weight excluding hydrogens is 264 g/mol. The zero-order chi connectivity index (χ0) is 14.8. The first-order valence-electron chi connectivity index (χ1n) is 7.79. The van der Waals surface area contributed by atoms with E-state index in [-0.39, 0.29) is 11.8 Å². The van der Waals surface area contributed by atoms with E-state index in [0.717, 1.165) is 31.4 Å². The van der Waals surface area contributed by atoms with Crippen LogP contribution in [0, 0.1) is 5.92 Å². The predicted molar refractivity (Wildman–Crippen MR) is 81.2 cm³/mol. The summed E-state index contributed by atoms with van der Waals surface area (Å²) in [7, 11) is 1.66. The van der Waals surface area contributed by atoms with Gasteiger partial charge < -0.3 is 10.2 Å². The molecular formula is C17H22N2O2. The SMILES string of the molecule is CNC(=O)C[C@H]1CCN(C(=O)c2ccc3c(c2)CCC3)C1. The number of hydrogen-bond acceptors (Lipinski definition) is 2. The third-order valence-electron chi connectivity index (χ3n) is 4.67. The molecule has 2 amide bonds. The highest BCUT2D eigenvalue weighted by Gasteiger charge is 2.28. The van der Waals surface area contributed by atoms with Crippen LogP contribution in [-0.4, -0.2) is 36.9 Å². The summed E-state index contributed by atoms with van der Waals surface area (Å²) in [5.74, 6) is 0.472. The van der Waals surface area contributed by atoms with Gasteiger partial charge in [0.25, 0.3) is 5.91 Å². The summed E-state index contributed by atoms with van der Waals surface area (Å²) in [6, 6.07) is 6.13. The van der Waals surface area contributed by atoms with Gasteiger partial charge in [0.05, 0.1) is 0 Å². The fourth-order valence-corrected chi connectivity index (χ4v) is 3.44. The van der Waals surface area contributed by atoms with E-state index in [1.54, 1.807) is 7.05 Å². The van der Waals surface area contributed by atoms with E-state index < -0.39 is 0 Å². The van der Waals surface area contributed by atoms with Crippen LogP contribution in [0.5, 0.6) is 0 Å². The van der Waals surface area contributed by atoms with Gasteiger partial charge in [0, 0.05) is 32.1 Å². The van der Waals surface area contributed by atoms with Crippen molar-refractivity contribution in [1.82, 2.24) is 10.2 Å². The molecule has 2 aliphatic rings. The molecule has 1 aliphatic carbocycles. The van der Waals surface area contributed by atoms with Gasteiger partial charge in [-0.2, -0.15) is 0 Å². The Kier molecular flexibility index (Phi) is 3.95. The van der Waals surface area contributed by atoms with Crippen molar-refractivity contribution < 1.29 is 9.59 Å². The van der Waals surface area contributed by atoms with Crippen LogP contribution in [0.2, 0.25) is 0 Å². The van der Waals surface area contributed by atoms with Gasteiger partial charge in [-0.3, -0.25) is 9.59 Å². The lowest BCUT2D eigenvalue weighted by Crippen LogP contribution is -2.29. The number of amides is 2. The van der Waals surface area contributed by atoms with Gasteiger partial charge in [0.15, 0.2) is 0 Å². The van der Waals surface area contributed by atoms with Gasteiger partial charge in [-0.1, -0.05) is 6.07 Å². The molecule has 4 heteroatoms. The van der Waals surface area contributed by atoms with Crippen LogP contribution in [-0.2, 0) is 17.6 Å². The van der Waals surface area contributed by atoms with E-state index in [2.05, 4.69) is 17.4 Å². The van der Waals surface area contributed by atoms with Gasteiger partial charge >= 0.3 is 0 Å². The maximum atomic E-state index is 12.6. The van der Waals surface area contributed by atoms with Crippen LogP contribution in [0.15, 0.2) is 18.2 Å². The summed E-state index contributed by atoms with van der Waals surface area (Å²) in [5.41, 5.74) is 3.53. The van der Waals surface area contributed by atoms with Crippen molar-refractivity contribution in [2.45, 2.75) is 32.1 Å². The van der Waals surface area contributed by atoms with Gasteiger partial charge in [-0.05, 0) is 54.9 Å². The Labute approximate surface area is 125 Å². The molecule has 1 aliphatic heterocycles. The van der Waals surface area contributed by atoms with Crippen molar-refractivity contribution in [3.05, 3.63) is 34.9 Å². The third kappa shape index (κ3) is 2.94. The first kappa shape index (κ1) is 14.1. The second-order valence-electron chi connectivity index (χ2n) is 6.12. The molecule has 21 heavy (non-hydrogen) atoms. The van der Waals surface area contributed by atoms with Crippen LogP contribution < -0.4 is 5.32 Å². The fraction of sp³-hybridized carbons (Fsp3) is 0.529. The maximum absolute atomic E-state index is 12.6.